The van der Waals surface area contributed by atoms with Crippen LogP contribution in [0.4, 0.5) is 8.78 Å². The molecule has 1 amide bonds. The molecule has 1 unspecified atom stereocenters. The molecule has 0 aromatic heterocycles. The smallest absolute Gasteiger partial charge is 0.387 e. The fourth-order valence-electron chi connectivity index (χ4n) is 1.72. The number of benzene rings is 1. The molecule has 1 aliphatic heterocycles. The van der Waals surface area contributed by atoms with Crippen molar-refractivity contribution in [2.45, 2.75) is 19.1 Å². The average molecular weight is 272 g/mol. The first-order valence-electron chi connectivity index (χ1n) is 5.11. The topological polar surface area (TPSA) is 50.4 Å². The number of ether oxygens (including phenoxy) is 1. The van der Waals surface area contributed by atoms with Gasteiger partial charge in [-0.2, -0.15) is 8.78 Å². The Morgan fingerprint density at radius 1 is 1.33 bits per heavy atom. The van der Waals surface area contributed by atoms with E-state index in [1.54, 1.807) is 6.92 Å². The summed E-state index contributed by atoms with van der Waals surface area (Å²) in [7, 11) is 0. The number of hydrogen-bond donors (Lipinski definition) is 2. The second-order valence-electron chi connectivity index (χ2n) is 3.94. The summed E-state index contributed by atoms with van der Waals surface area (Å²) in [6, 6.07) is 5.84. The standard InChI is InChI=1S/C11H10F2N2O2S/c1-11(8(16)14-10(18)15-11)6-2-4-7(5-3-6)17-9(12)13/h2-5,9H,1H3,(H2,14,15,16,18). The van der Waals surface area contributed by atoms with Crippen molar-refractivity contribution in [2.24, 2.45) is 0 Å². The van der Waals surface area contributed by atoms with Crippen LogP contribution in [0, 0.1) is 0 Å². The molecule has 2 N–H and O–H groups in total. The maximum Gasteiger partial charge on any atom is 0.387 e. The molecule has 0 radical (unpaired) electrons. The highest BCUT2D eigenvalue weighted by Crippen LogP contribution is 2.26. The molecule has 1 fully saturated rings. The zero-order valence-electron chi connectivity index (χ0n) is 9.37. The highest BCUT2D eigenvalue weighted by atomic mass is 32.1. The Labute approximate surface area is 107 Å². The molecule has 2 rings (SSSR count). The van der Waals surface area contributed by atoms with Crippen LogP contribution < -0.4 is 15.4 Å². The van der Waals surface area contributed by atoms with Gasteiger partial charge in [-0.05, 0) is 36.8 Å². The number of amides is 1. The molecule has 0 spiro atoms. The second-order valence-corrected chi connectivity index (χ2v) is 4.34. The van der Waals surface area contributed by atoms with Crippen molar-refractivity contribution >= 4 is 23.2 Å². The van der Waals surface area contributed by atoms with E-state index in [2.05, 4.69) is 15.4 Å². The number of rotatable bonds is 3. The zero-order valence-corrected chi connectivity index (χ0v) is 10.2. The van der Waals surface area contributed by atoms with Gasteiger partial charge in [0.15, 0.2) is 5.11 Å². The Hall–Kier alpha value is -1.76. The third kappa shape index (κ3) is 2.26. The number of thiocarbonyl (C=S) groups is 1. The van der Waals surface area contributed by atoms with Gasteiger partial charge in [-0.15, -0.1) is 0 Å². The number of halogens is 2. The summed E-state index contributed by atoms with van der Waals surface area (Å²) in [5.74, 6) is -0.242. The van der Waals surface area contributed by atoms with Crippen molar-refractivity contribution in [3.05, 3.63) is 29.8 Å². The lowest BCUT2D eigenvalue weighted by Gasteiger charge is -2.21. The van der Waals surface area contributed by atoms with Crippen molar-refractivity contribution in [1.29, 1.82) is 0 Å². The van der Waals surface area contributed by atoms with E-state index in [-0.39, 0.29) is 16.8 Å². The van der Waals surface area contributed by atoms with Gasteiger partial charge in [0.1, 0.15) is 11.3 Å². The summed E-state index contributed by atoms with van der Waals surface area (Å²) in [6.45, 7) is -1.21. The Bertz CT molecular complexity index is 492. The van der Waals surface area contributed by atoms with E-state index in [1.165, 1.54) is 24.3 Å². The predicted octanol–water partition coefficient (Wildman–Crippen LogP) is 1.51. The lowest BCUT2D eigenvalue weighted by atomic mass is 9.92. The largest absolute Gasteiger partial charge is 0.435 e. The fraction of sp³-hybridized carbons (Fsp3) is 0.273. The highest BCUT2D eigenvalue weighted by Gasteiger charge is 2.41. The Balaban J connectivity index is 2.24. The Morgan fingerprint density at radius 2 is 1.94 bits per heavy atom. The SMILES string of the molecule is CC1(c2ccc(OC(F)F)cc2)NC(=S)NC1=O. The molecule has 4 nitrogen and oxygen atoms in total. The van der Waals surface area contributed by atoms with E-state index < -0.39 is 12.2 Å². The van der Waals surface area contributed by atoms with Crippen molar-refractivity contribution in [3.63, 3.8) is 0 Å². The van der Waals surface area contributed by atoms with E-state index in [0.717, 1.165) is 0 Å². The molecule has 1 aliphatic rings. The van der Waals surface area contributed by atoms with Gasteiger partial charge in [0.25, 0.3) is 5.91 Å². The second kappa shape index (κ2) is 4.49. The molecule has 1 aromatic carbocycles. The molecule has 1 saturated heterocycles. The maximum atomic E-state index is 12.0. The van der Waals surface area contributed by atoms with Crippen LogP contribution in [0.5, 0.6) is 5.75 Å². The fourth-order valence-corrected chi connectivity index (χ4v) is 2.01. The quantitative estimate of drug-likeness (QED) is 0.819. The molecule has 7 heteroatoms. The number of hydrogen-bond acceptors (Lipinski definition) is 3. The monoisotopic (exact) mass is 272 g/mol. The van der Waals surface area contributed by atoms with Crippen molar-refractivity contribution in [3.8, 4) is 5.75 Å². The predicted molar refractivity (Wildman–Crippen MR) is 64.3 cm³/mol. The molecule has 0 aliphatic carbocycles. The van der Waals surface area contributed by atoms with Crippen molar-refractivity contribution < 1.29 is 18.3 Å². The summed E-state index contributed by atoms with van der Waals surface area (Å²) in [5.41, 5.74) is -0.373. The van der Waals surface area contributed by atoms with Crippen LogP contribution in [0.15, 0.2) is 24.3 Å². The van der Waals surface area contributed by atoms with E-state index in [4.69, 9.17) is 12.2 Å². The van der Waals surface area contributed by atoms with Crippen LogP contribution in [0.25, 0.3) is 0 Å². The van der Waals surface area contributed by atoms with Crippen LogP contribution >= 0.6 is 12.2 Å². The van der Waals surface area contributed by atoms with Gasteiger partial charge in [-0.25, -0.2) is 0 Å². The third-order valence-electron chi connectivity index (χ3n) is 2.70. The number of alkyl halides is 2. The number of nitrogens with one attached hydrogen (secondary N) is 2. The summed E-state index contributed by atoms with van der Waals surface area (Å²) in [5, 5.41) is 5.57. The maximum absolute atomic E-state index is 12.0. The average Bonchev–Trinajstić information content (AvgIpc) is 2.53. The molecule has 1 heterocycles. The van der Waals surface area contributed by atoms with Crippen LogP contribution in [0.3, 0.4) is 0 Å². The molecule has 1 atom stereocenters. The normalized spacial score (nSPS) is 22.9. The van der Waals surface area contributed by atoms with Gasteiger partial charge >= 0.3 is 6.61 Å². The van der Waals surface area contributed by atoms with Gasteiger partial charge in [-0.1, -0.05) is 12.1 Å². The first kappa shape index (κ1) is 12.7. The lowest BCUT2D eigenvalue weighted by molar-refractivity contribution is -0.123. The minimum atomic E-state index is -2.87. The van der Waals surface area contributed by atoms with E-state index in [9.17, 15) is 13.6 Å². The van der Waals surface area contributed by atoms with Crippen molar-refractivity contribution in [2.75, 3.05) is 0 Å². The molecule has 1 aromatic rings. The van der Waals surface area contributed by atoms with E-state index in [1.807, 2.05) is 0 Å². The summed E-state index contributed by atoms with van der Waals surface area (Å²) < 4.78 is 28.2. The van der Waals surface area contributed by atoms with Gasteiger partial charge in [0, 0.05) is 0 Å². The van der Waals surface area contributed by atoms with Crippen molar-refractivity contribution in [1.82, 2.24) is 10.6 Å². The van der Waals surface area contributed by atoms with Gasteiger partial charge < -0.3 is 15.4 Å². The van der Waals surface area contributed by atoms with Crippen LogP contribution in [0.1, 0.15) is 12.5 Å². The van der Waals surface area contributed by atoms with Gasteiger partial charge in [-0.3, -0.25) is 4.79 Å². The molecule has 18 heavy (non-hydrogen) atoms. The summed E-state index contributed by atoms with van der Waals surface area (Å²) >= 11 is 4.86. The van der Waals surface area contributed by atoms with Crippen LogP contribution in [0.2, 0.25) is 0 Å². The number of carbonyl (C=O) groups excluding carboxylic acids is 1. The van der Waals surface area contributed by atoms with Crippen LogP contribution in [-0.2, 0) is 10.3 Å². The molecular weight excluding hydrogens is 262 g/mol. The Morgan fingerprint density at radius 3 is 2.39 bits per heavy atom. The molecule has 96 valence electrons. The number of carbonyl (C=O) groups is 1. The lowest BCUT2D eigenvalue weighted by Crippen LogP contribution is -2.40. The van der Waals surface area contributed by atoms with E-state index >= 15 is 0 Å². The van der Waals surface area contributed by atoms with Crippen LogP contribution in [-0.4, -0.2) is 17.6 Å². The molecule has 0 bridgehead atoms. The highest BCUT2D eigenvalue weighted by molar-refractivity contribution is 7.80. The zero-order chi connectivity index (χ0) is 13.3. The molecular formula is C11H10F2N2O2S. The first-order valence-corrected chi connectivity index (χ1v) is 5.51. The van der Waals surface area contributed by atoms with E-state index in [0.29, 0.717) is 5.56 Å². The van der Waals surface area contributed by atoms with Gasteiger partial charge in [0.2, 0.25) is 0 Å². The van der Waals surface area contributed by atoms with Gasteiger partial charge in [0.05, 0.1) is 0 Å². The molecule has 0 saturated carbocycles. The summed E-state index contributed by atoms with van der Waals surface area (Å²) in [4.78, 5) is 11.8. The minimum Gasteiger partial charge on any atom is -0.435 e. The summed E-state index contributed by atoms with van der Waals surface area (Å²) in [6.07, 6.45) is 0. The minimum absolute atomic E-state index is 0.0401. The Kier molecular flexibility index (Phi) is 3.16. The third-order valence-corrected chi connectivity index (χ3v) is 2.91. The first-order chi connectivity index (χ1) is 8.41.